The fraction of sp³-hybridized carbons (Fsp3) is 0.579. The average Bonchev–Trinajstić information content (AvgIpc) is 3.36. The third kappa shape index (κ3) is 4.38. The largest absolute Gasteiger partial charge is 0.360 e. The highest BCUT2D eigenvalue weighted by atomic mass is 32.1. The smallest absolute Gasteiger partial charge is 0.194 e. The maximum absolute atomic E-state index is 5.50. The van der Waals surface area contributed by atoms with Crippen molar-refractivity contribution in [2.24, 2.45) is 4.99 Å². The number of piperazine rings is 1. The van der Waals surface area contributed by atoms with Gasteiger partial charge >= 0.3 is 0 Å². The lowest BCUT2D eigenvalue weighted by Gasteiger charge is -2.36. The Hall–Kier alpha value is -2.02. The first-order valence-electron chi connectivity index (χ1n) is 9.44. The van der Waals surface area contributed by atoms with Crippen LogP contribution < -0.4 is 10.2 Å². The Balaban J connectivity index is 1.51. The predicted octanol–water partition coefficient (Wildman–Crippen LogP) is 3.54. The Bertz CT molecular complexity index is 685. The van der Waals surface area contributed by atoms with Gasteiger partial charge in [-0.2, -0.15) is 0 Å². The van der Waals surface area contributed by atoms with Crippen LogP contribution in [0.1, 0.15) is 44.1 Å². The number of aromatic nitrogens is 1. The van der Waals surface area contributed by atoms with E-state index in [0.29, 0.717) is 12.5 Å². The topological polar surface area (TPSA) is 56.9 Å². The number of hydrogen-bond acceptors (Lipinski definition) is 5. The quantitative estimate of drug-likeness (QED) is 0.618. The highest BCUT2D eigenvalue weighted by molar-refractivity contribution is 7.14. The van der Waals surface area contributed by atoms with Gasteiger partial charge in [0.1, 0.15) is 0 Å². The maximum Gasteiger partial charge on any atom is 0.194 e. The molecule has 142 valence electrons. The monoisotopic (exact) mass is 375 g/mol. The maximum atomic E-state index is 5.50. The van der Waals surface area contributed by atoms with Crippen LogP contribution in [0.3, 0.4) is 0 Å². The Morgan fingerprint density at radius 3 is 2.69 bits per heavy atom. The van der Waals surface area contributed by atoms with Crippen molar-refractivity contribution >= 4 is 22.3 Å². The van der Waals surface area contributed by atoms with Crippen molar-refractivity contribution in [3.8, 4) is 0 Å². The van der Waals surface area contributed by atoms with Gasteiger partial charge in [-0.25, -0.2) is 0 Å². The van der Waals surface area contributed by atoms with Crippen molar-refractivity contribution in [2.75, 3.05) is 38.1 Å². The molecule has 0 radical (unpaired) electrons. The zero-order chi connectivity index (χ0) is 18.4. The van der Waals surface area contributed by atoms with Crippen molar-refractivity contribution in [3.63, 3.8) is 0 Å². The lowest BCUT2D eigenvalue weighted by atomic mass is 9.99. The molecular weight excluding hydrogens is 346 g/mol. The highest BCUT2D eigenvalue weighted by Gasteiger charge is 2.20. The van der Waals surface area contributed by atoms with Crippen molar-refractivity contribution < 1.29 is 4.52 Å². The molecule has 0 amide bonds. The molecule has 0 spiro atoms. The van der Waals surface area contributed by atoms with Gasteiger partial charge in [-0.1, -0.05) is 19.0 Å². The molecule has 1 aliphatic heterocycles. The molecule has 3 rings (SSSR count). The van der Waals surface area contributed by atoms with Gasteiger partial charge in [-0.3, -0.25) is 4.99 Å². The van der Waals surface area contributed by atoms with Crippen LogP contribution in [-0.4, -0.2) is 49.2 Å². The number of aliphatic imine (C=N–C) groups is 1. The third-order valence-corrected chi connectivity index (χ3v) is 5.94. The normalized spacial score (nSPS) is 15.8. The summed E-state index contributed by atoms with van der Waals surface area (Å²) in [5.41, 5.74) is 1.06. The molecule has 2 aromatic heterocycles. The summed E-state index contributed by atoms with van der Waals surface area (Å²) in [6.07, 6.45) is 2.18. The molecular formula is C19H29N5OS. The molecule has 2 aromatic rings. The van der Waals surface area contributed by atoms with E-state index in [1.54, 1.807) is 11.3 Å². The molecule has 26 heavy (non-hydrogen) atoms. The van der Waals surface area contributed by atoms with E-state index in [9.17, 15) is 0 Å². The number of nitrogens with one attached hydrogen (secondary N) is 1. The number of hydrogen-bond donors (Lipinski definition) is 1. The number of guanidine groups is 1. The fourth-order valence-electron chi connectivity index (χ4n) is 3.40. The van der Waals surface area contributed by atoms with Crippen molar-refractivity contribution in [1.82, 2.24) is 15.4 Å². The van der Waals surface area contributed by atoms with Crippen LogP contribution in [0.5, 0.6) is 0 Å². The van der Waals surface area contributed by atoms with Gasteiger partial charge in [-0.15, -0.1) is 11.3 Å². The lowest BCUT2D eigenvalue weighted by molar-refractivity contribution is 0.353. The summed E-state index contributed by atoms with van der Waals surface area (Å²) >= 11 is 1.80. The molecule has 1 aliphatic rings. The zero-order valence-electron chi connectivity index (χ0n) is 15.9. The first kappa shape index (κ1) is 18.8. The SMILES string of the molecule is CCC(CC)c1cc(CNC(=NC)N2CCN(c3cccs3)CC2)on1. The first-order chi connectivity index (χ1) is 12.7. The molecule has 0 aliphatic carbocycles. The standard InChI is InChI=1S/C19H29N5OS/c1-4-15(5-2)17-13-16(25-22-17)14-21-19(20-3)24-10-8-23(9-11-24)18-7-6-12-26-18/h6-7,12-13,15H,4-5,8-11,14H2,1-3H3,(H,20,21). The Labute approximate surface area is 159 Å². The molecule has 1 saturated heterocycles. The summed E-state index contributed by atoms with van der Waals surface area (Å²) < 4.78 is 5.50. The highest BCUT2D eigenvalue weighted by Crippen LogP contribution is 2.23. The van der Waals surface area contributed by atoms with E-state index in [1.165, 1.54) is 5.00 Å². The first-order valence-corrected chi connectivity index (χ1v) is 10.3. The molecule has 1 N–H and O–H groups in total. The van der Waals surface area contributed by atoms with Crippen LogP contribution in [0, 0.1) is 0 Å². The van der Waals surface area contributed by atoms with Crippen LogP contribution in [0.2, 0.25) is 0 Å². The van der Waals surface area contributed by atoms with E-state index in [0.717, 1.165) is 56.4 Å². The summed E-state index contributed by atoms with van der Waals surface area (Å²) in [7, 11) is 1.84. The molecule has 0 bridgehead atoms. The van der Waals surface area contributed by atoms with Gasteiger partial charge in [0.2, 0.25) is 0 Å². The minimum absolute atomic E-state index is 0.483. The minimum Gasteiger partial charge on any atom is -0.360 e. The number of anilines is 1. The Kier molecular flexibility index (Phi) is 6.55. The third-order valence-electron chi connectivity index (χ3n) is 5.01. The van der Waals surface area contributed by atoms with Gasteiger partial charge in [-0.05, 0) is 30.4 Å². The minimum atomic E-state index is 0.483. The van der Waals surface area contributed by atoms with E-state index >= 15 is 0 Å². The lowest BCUT2D eigenvalue weighted by Crippen LogP contribution is -2.52. The number of rotatable bonds is 6. The van der Waals surface area contributed by atoms with Crippen LogP contribution in [0.15, 0.2) is 33.1 Å². The van der Waals surface area contributed by atoms with Crippen LogP contribution in [0.25, 0.3) is 0 Å². The van der Waals surface area contributed by atoms with Gasteiger partial charge in [0.25, 0.3) is 0 Å². The summed E-state index contributed by atoms with van der Waals surface area (Å²) in [5, 5.41) is 11.1. The number of thiophene rings is 1. The van der Waals surface area contributed by atoms with Crippen LogP contribution >= 0.6 is 11.3 Å². The summed E-state index contributed by atoms with van der Waals surface area (Å²) in [6.45, 7) is 8.96. The molecule has 0 unspecified atom stereocenters. The summed E-state index contributed by atoms with van der Waals surface area (Å²) in [6, 6.07) is 6.38. The second kappa shape index (κ2) is 9.07. The second-order valence-corrected chi connectivity index (χ2v) is 7.48. The molecule has 6 nitrogen and oxygen atoms in total. The van der Waals surface area contributed by atoms with Crippen molar-refractivity contribution in [3.05, 3.63) is 35.0 Å². The average molecular weight is 376 g/mol. The second-order valence-electron chi connectivity index (χ2n) is 6.56. The summed E-state index contributed by atoms with van der Waals surface area (Å²) in [4.78, 5) is 9.19. The van der Waals surface area contributed by atoms with Crippen molar-refractivity contribution in [2.45, 2.75) is 39.2 Å². The van der Waals surface area contributed by atoms with Crippen LogP contribution in [-0.2, 0) is 6.54 Å². The van der Waals surface area contributed by atoms with E-state index in [1.807, 2.05) is 7.05 Å². The molecule has 0 atom stereocenters. The molecule has 0 saturated carbocycles. The van der Waals surface area contributed by atoms with Crippen molar-refractivity contribution in [1.29, 1.82) is 0 Å². The Morgan fingerprint density at radius 2 is 2.08 bits per heavy atom. The zero-order valence-corrected chi connectivity index (χ0v) is 16.8. The van der Waals surface area contributed by atoms with E-state index in [4.69, 9.17) is 4.52 Å². The van der Waals surface area contributed by atoms with E-state index in [-0.39, 0.29) is 0 Å². The fourth-order valence-corrected chi connectivity index (χ4v) is 4.18. The van der Waals surface area contributed by atoms with E-state index in [2.05, 4.69) is 62.7 Å². The van der Waals surface area contributed by atoms with E-state index < -0.39 is 0 Å². The van der Waals surface area contributed by atoms with Crippen LogP contribution in [0.4, 0.5) is 5.00 Å². The van der Waals surface area contributed by atoms with Gasteiger partial charge in [0, 0.05) is 45.2 Å². The predicted molar refractivity (Wildman–Crippen MR) is 108 cm³/mol. The van der Waals surface area contributed by atoms with Gasteiger partial charge in [0.15, 0.2) is 11.7 Å². The number of nitrogens with zero attached hydrogens (tertiary/aromatic N) is 4. The van der Waals surface area contributed by atoms with Gasteiger partial charge in [0.05, 0.1) is 17.2 Å². The summed E-state index contributed by atoms with van der Waals surface area (Å²) in [5.74, 6) is 2.28. The molecule has 3 heterocycles. The molecule has 7 heteroatoms. The Morgan fingerprint density at radius 1 is 1.31 bits per heavy atom. The molecule has 0 aromatic carbocycles. The molecule has 1 fully saturated rings. The van der Waals surface area contributed by atoms with Gasteiger partial charge < -0.3 is 19.6 Å².